The lowest BCUT2D eigenvalue weighted by Crippen LogP contribution is -2.61. The Labute approximate surface area is 99.9 Å². The molecule has 0 aromatic carbocycles. The van der Waals surface area contributed by atoms with E-state index in [1.165, 1.54) is 4.90 Å². The molecule has 2 heterocycles. The number of aliphatic hydroxyl groups is 1. The van der Waals surface area contributed by atoms with Crippen LogP contribution in [-0.4, -0.2) is 39.1 Å². The number of carboxylic acid groups (broad SMARTS) is 1. The van der Waals surface area contributed by atoms with Crippen LogP contribution in [0.1, 0.15) is 13.3 Å². The van der Waals surface area contributed by atoms with E-state index < -0.39 is 18.0 Å². The Kier molecular flexibility index (Phi) is 2.50. The number of rotatable bonds is 2. The molecule has 82 valence electrons. The van der Waals surface area contributed by atoms with E-state index in [9.17, 15) is 14.7 Å². The summed E-state index contributed by atoms with van der Waals surface area (Å²) in [4.78, 5) is 23.8. The van der Waals surface area contributed by atoms with Crippen LogP contribution >= 0.6 is 22.6 Å². The number of carbonyl (C=O) groups excluding carboxylic acids is 1. The van der Waals surface area contributed by atoms with Gasteiger partial charge in [-0.25, -0.2) is 4.79 Å². The van der Waals surface area contributed by atoms with E-state index in [1.807, 2.05) is 22.6 Å². The summed E-state index contributed by atoms with van der Waals surface area (Å²) < 4.78 is 0.682. The highest BCUT2D eigenvalue weighted by Gasteiger charge is 2.56. The first-order valence-electron chi connectivity index (χ1n) is 4.58. The Morgan fingerprint density at radius 3 is 2.73 bits per heavy atom. The molecule has 0 bridgehead atoms. The molecule has 3 atom stereocenters. The molecular formula is C9H10INO4. The first-order valence-corrected chi connectivity index (χ1v) is 5.66. The van der Waals surface area contributed by atoms with Crippen molar-refractivity contribution in [3.05, 3.63) is 9.28 Å². The van der Waals surface area contributed by atoms with Crippen LogP contribution in [0.5, 0.6) is 0 Å². The number of nitrogens with zero attached hydrogens (tertiary/aromatic N) is 1. The molecule has 2 aliphatic rings. The minimum Gasteiger partial charge on any atom is -0.477 e. The summed E-state index contributed by atoms with van der Waals surface area (Å²) >= 11 is 1.95. The number of hydrogen-bond donors (Lipinski definition) is 2. The van der Waals surface area contributed by atoms with E-state index in [0.717, 1.165) is 0 Å². The number of fused-ring (bicyclic) bond motifs is 1. The van der Waals surface area contributed by atoms with E-state index in [4.69, 9.17) is 5.11 Å². The molecule has 5 nitrogen and oxygen atoms in total. The van der Waals surface area contributed by atoms with Crippen LogP contribution in [0.15, 0.2) is 9.28 Å². The van der Waals surface area contributed by atoms with Crippen molar-refractivity contribution < 1.29 is 19.8 Å². The van der Waals surface area contributed by atoms with Crippen LogP contribution in [0.25, 0.3) is 0 Å². The van der Waals surface area contributed by atoms with Crippen molar-refractivity contribution in [2.75, 3.05) is 0 Å². The maximum atomic E-state index is 11.6. The van der Waals surface area contributed by atoms with Gasteiger partial charge in [0.15, 0.2) is 0 Å². The molecule has 3 unspecified atom stereocenters. The third-order valence-electron chi connectivity index (χ3n) is 2.88. The Balaban J connectivity index is 2.27. The van der Waals surface area contributed by atoms with Gasteiger partial charge in [0.1, 0.15) is 5.70 Å². The number of halogens is 1. The third-order valence-corrected chi connectivity index (χ3v) is 3.83. The fourth-order valence-electron chi connectivity index (χ4n) is 2.22. The predicted molar refractivity (Wildman–Crippen MR) is 59.1 cm³/mol. The van der Waals surface area contributed by atoms with Crippen LogP contribution in [0.2, 0.25) is 0 Å². The molecule has 2 rings (SSSR count). The standard InChI is InChI=1S/C9H10INO4/c1-3(12)6-5-2-4(10)7(9(14)15)11(5)8(6)13/h3,5-6,12H,2H2,1H3,(H,14,15). The lowest BCUT2D eigenvalue weighted by atomic mass is 9.83. The second-order valence-corrected chi connectivity index (χ2v) is 5.11. The van der Waals surface area contributed by atoms with Gasteiger partial charge in [0, 0.05) is 10.0 Å². The first-order chi connectivity index (χ1) is 6.95. The molecule has 0 radical (unpaired) electrons. The van der Waals surface area contributed by atoms with Crippen LogP contribution in [0, 0.1) is 5.92 Å². The fourth-order valence-corrected chi connectivity index (χ4v) is 3.16. The third kappa shape index (κ3) is 1.38. The lowest BCUT2D eigenvalue weighted by molar-refractivity contribution is -0.161. The monoisotopic (exact) mass is 323 g/mol. The smallest absolute Gasteiger partial charge is 0.353 e. The minimum absolute atomic E-state index is 0.0856. The van der Waals surface area contributed by atoms with Crippen LogP contribution in [-0.2, 0) is 9.59 Å². The van der Waals surface area contributed by atoms with Gasteiger partial charge >= 0.3 is 5.97 Å². The van der Waals surface area contributed by atoms with Gasteiger partial charge < -0.3 is 15.1 Å². The van der Waals surface area contributed by atoms with Crippen LogP contribution < -0.4 is 0 Å². The van der Waals surface area contributed by atoms with E-state index in [1.54, 1.807) is 6.92 Å². The molecule has 6 heteroatoms. The molecular weight excluding hydrogens is 313 g/mol. The van der Waals surface area contributed by atoms with Crippen molar-refractivity contribution in [1.82, 2.24) is 4.90 Å². The molecule has 2 aliphatic heterocycles. The molecule has 0 saturated carbocycles. The highest BCUT2D eigenvalue weighted by atomic mass is 127. The fraction of sp³-hybridized carbons (Fsp3) is 0.556. The number of amides is 1. The summed E-state index contributed by atoms with van der Waals surface area (Å²) in [6, 6.07) is -0.157. The van der Waals surface area contributed by atoms with Gasteiger partial charge in [-0.2, -0.15) is 0 Å². The molecule has 15 heavy (non-hydrogen) atoms. The summed E-state index contributed by atoms with van der Waals surface area (Å²) in [5, 5.41) is 18.3. The van der Waals surface area contributed by atoms with Crippen molar-refractivity contribution in [3.8, 4) is 0 Å². The van der Waals surface area contributed by atoms with Crippen LogP contribution in [0.4, 0.5) is 0 Å². The molecule has 0 aromatic rings. The number of aliphatic carboxylic acids is 1. The van der Waals surface area contributed by atoms with Gasteiger partial charge in [-0.3, -0.25) is 4.79 Å². The Morgan fingerprint density at radius 2 is 2.27 bits per heavy atom. The average molecular weight is 323 g/mol. The number of β-lactam (4-membered cyclic amide) rings is 1. The van der Waals surface area contributed by atoms with Crippen molar-refractivity contribution in [2.24, 2.45) is 5.92 Å². The van der Waals surface area contributed by atoms with Crippen molar-refractivity contribution >= 4 is 34.5 Å². The normalized spacial score (nSPS) is 31.4. The molecule has 2 N–H and O–H groups in total. The van der Waals surface area contributed by atoms with Gasteiger partial charge in [-0.1, -0.05) is 0 Å². The van der Waals surface area contributed by atoms with E-state index >= 15 is 0 Å². The second kappa shape index (κ2) is 3.44. The summed E-state index contributed by atoms with van der Waals surface area (Å²) in [7, 11) is 0. The SMILES string of the molecule is CC(O)C1C(=O)N2C(C(=O)O)=C(I)CC12. The Morgan fingerprint density at radius 1 is 1.67 bits per heavy atom. The zero-order valence-electron chi connectivity index (χ0n) is 7.98. The average Bonchev–Trinajstić information content (AvgIpc) is 2.38. The number of aliphatic hydroxyl groups excluding tert-OH is 1. The minimum atomic E-state index is -1.07. The molecule has 0 aromatic heterocycles. The lowest BCUT2D eigenvalue weighted by Gasteiger charge is -2.44. The highest BCUT2D eigenvalue weighted by molar-refractivity contribution is 14.1. The molecule has 1 saturated heterocycles. The number of carboxylic acids is 1. The zero-order valence-corrected chi connectivity index (χ0v) is 10.1. The largest absolute Gasteiger partial charge is 0.477 e. The Hall–Kier alpha value is -0.630. The zero-order chi connectivity index (χ0) is 11.3. The first kappa shape index (κ1) is 10.9. The van der Waals surface area contributed by atoms with E-state index in [2.05, 4.69) is 0 Å². The predicted octanol–water partition coefficient (Wildman–Crippen LogP) is 0.329. The van der Waals surface area contributed by atoms with Gasteiger partial charge in [0.2, 0.25) is 5.91 Å². The quantitative estimate of drug-likeness (QED) is 0.567. The van der Waals surface area contributed by atoms with Gasteiger partial charge in [0.25, 0.3) is 0 Å². The molecule has 0 aliphatic carbocycles. The molecule has 1 amide bonds. The van der Waals surface area contributed by atoms with Gasteiger partial charge in [-0.15, -0.1) is 0 Å². The van der Waals surface area contributed by atoms with Gasteiger partial charge in [0.05, 0.1) is 18.1 Å². The summed E-state index contributed by atoms with van der Waals surface area (Å²) in [6.45, 7) is 1.56. The van der Waals surface area contributed by atoms with E-state index in [-0.39, 0.29) is 17.6 Å². The molecule has 0 spiro atoms. The summed E-state index contributed by atoms with van der Waals surface area (Å²) in [5.74, 6) is -1.79. The summed E-state index contributed by atoms with van der Waals surface area (Å²) in [5.41, 5.74) is 0.0856. The van der Waals surface area contributed by atoms with Crippen LogP contribution in [0.3, 0.4) is 0 Å². The topological polar surface area (TPSA) is 77.8 Å². The number of carbonyl (C=O) groups is 2. The van der Waals surface area contributed by atoms with E-state index in [0.29, 0.717) is 10.0 Å². The van der Waals surface area contributed by atoms with Gasteiger partial charge in [-0.05, 0) is 29.5 Å². The summed E-state index contributed by atoms with van der Waals surface area (Å²) in [6.07, 6.45) is -0.167. The van der Waals surface area contributed by atoms with Crippen molar-refractivity contribution in [1.29, 1.82) is 0 Å². The van der Waals surface area contributed by atoms with Crippen molar-refractivity contribution in [2.45, 2.75) is 25.5 Å². The van der Waals surface area contributed by atoms with Crippen molar-refractivity contribution in [3.63, 3.8) is 0 Å². The molecule has 1 fully saturated rings. The highest BCUT2D eigenvalue weighted by Crippen LogP contribution is 2.45. The number of hydrogen-bond acceptors (Lipinski definition) is 3. The second-order valence-electron chi connectivity index (χ2n) is 3.80. The Bertz CT molecular complexity index is 376. The maximum Gasteiger partial charge on any atom is 0.353 e. The maximum absolute atomic E-state index is 11.6.